The number of aromatic amines is 1. The molecule has 1 atom stereocenters. The molecule has 2 amide bonds. The lowest BCUT2D eigenvalue weighted by atomic mass is 9.79. The van der Waals surface area contributed by atoms with Crippen LogP contribution in [0.15, 0.2) is 34.1 Å². The van der Waals surface area contributed by atoms with E-state index in [1.807, 2.05) is 38.3 Å². The van der Waals surface area contributed by atoms with E-state index in [-0.39, 0.29) is 48.8 Å². The topological polar surface area (TPSA) is 109 Å². The molecular weight excluding hydrogens is 548 g/mol. The van der Waals surface area contributed by atoms with Crippen LogP contribution in [0.25, 0.3) is 11.0 Å². The quantitative estimate of drug-likeness (QED) is 0.312. The van der Waals surface area contributed by atoms with E-state index in [2.05, 4.69) is 32.1 Å². The lowest BCUT2D eigenvalue weighted by molar-refractivity contribution is -0.151. The number of halogens is 2. The van der Waals surface area contributed by atoms with Crippen molar-refractivity contribution in [3.63, 3.8) is 0 Å². The molecule has 2 aliphatic rings. The van der Waals surface area contributed by atoms with Crippen LogP contribution in [0.1, 0.15) is 78.8 Å². The smallest absolute Gasteiger partial charge is 0.254 e. The summed E-state index contributed by atoms with van der Waals surface area (Å²) < 4.78 is 28.5. The van der Waals surface area contributed by atoms with Crippen molar-refractivity contribution in [1.29, 1.82) is 0 Å². The van der Waals surface area contributed by atoms with Crippen LogP contribution >= 0.6 is 11.8 Å². The fraction of sp³-hybridized carbons (Fsp3) is 0.533. The zero-order valence-corrected chi connectivity index (χ0v) is 24.7. The van der Waals surface area contributed by atoms with Crippen molar-refractivity contribution in [2.45, 2.75) is 88.7 Å². The van der Waals surface area contributed by atoms with E-state index in [4.69, 9.17) is 0 Å². The maximum absolute atomic E-state index is 13.6. The number of H-pyrrole nitrogens is 1. The van der Waals surface area contributed by atoms with Crippen molar-refractivity contribution in [1.82, 2.24) is 25.2 Å². The molecule has 220 valence electrons. The molecule has 0 aliphatic heterocycles. The summed E-state index contributed by atoms with van der Waals surface area (Å²) in [6.07, 6.45) is 6.23. The van der Waals surface area contributed by atoms with Gasteiger partial charge in [0.15, 0.2) is 0 Å². The lowest BCUT2D eigenvalue weighted by Gasteiger charge is -2.37. The van der Waals surface area contributed by atoms with Crippen LogP contribution in [0.4, 0.5) is 8.78 Å². The van der Waals surface area contributed by atoms with Gasteiger partial charge in [-0.3, -0.25) is 14.4 Å². The summed E-state index contributed by atoms with van der Waals surface area (Å²) in [7, 11) is 0. The fourth-order valence-electron chi connectivity index (χ4n) is 6.46. The molecule has 2 aliphatic carbocycles. The Morgan fingerprint density at radius 3 is 2.59 bits per heavy atom. The Hall–Kier alpha value is -3.21. The van der Waals surface area contributed by atoms with E-state index in [9.17, 15) is 23.2 Å². The molecule has 0 spiro atoms. The monoisotopic (exact) mass is 585 g/mol. The van der Waals surface area contributed by atoms with Crippen molar-refractivity contribution in [2.24, 2.45) is 11.8 Å². The van der Waals surface area contributed by atoms with Gasteiger partial charge >= 0.3 is 0 Å². The van der Waals surface area contributed by atoms with Crippen molar-refractivity contribution in [2.75, 3.05) is 6.26 Å². The van der Waals surface area contributed by atoms with Gasteiger partial charge in [0, 0.05) is 70.8 Å². The third kappa shape index (κ3) is 5.91. The zero-order chi connectivity index (χ0) is 29.5. The van der Waals surface area contributed by atoms with Crippen LogP contribution in [0.3, 0.4) is 0 Å². The Kier molecular flexibility index (Phi) is 8.27. The maximum Gasteiger partial charge on any atom is 0.254 e. The lowest BCUT2D eigenvalue weighted by Crippen LogP contribution is -2.48. The molecule has 3 aromatic heterocycles. The number of hydrogen-bond acceptors (Lipinski definition) is 5. The number of pyridine rings is 2. The highest BCUT2D eigenvalue weighted by atomic mass is 32.2. The summed E-state index contributed by atoms with van der Waals surface area (Å²) in [6.45, 7) is 6.01. The van der Waals surface area contributed by atoms with Gasteiger partial charge < -0.3 is 20.2 Å². The van der Waals surface area contributed by atoms with Crippen LogP contribution in [0, 0.1) is 25.7 Å². The maximum atomic E-state index is 13.6. The van der Waals surface area contributed by atoms with Gasteiger partial charge in [0.2, 0.25) is 11.8 Å². The molecule has 0 bridgehead atoms. The average Bonchev–Trinajstić information content (AvgIpc) is 3.22. The van der Waals surface area contributed by atoms with Crippen LogP contribution < -0.4 is 16.2 Å². The third-order valence-electron chi connectivity index (χ3n) is 8.78. The van der Waals surface area contributed by atoms with Gasteiger partial charge in [0.25, 0.3) is 11.5 Å². The van der Waals surface area contributed by atoms with Crippen LogP contribution in [0.2, 0.25) is 0 Å². The number of alkyl halides is 2. The molecule has 11 heteroatoms. The second-order valence-electron chi connectivity index (χ2n) is 11.5. The normalized spacial score (nSPS) is 21.3. The average molecular weight is 586 g/mol. The van der Waals surface area contributed by atoms with Gasteiger partial charge in [-0.15, -0.1) is 11.8 Å². The van der Waals surface area contributed by atoms with E-state index >= 15 is 0 Å². The molecule has 2 saturated carbocycles. The first kappa shape index (κ1) is 29.3. The summed E-state index contributed by atoms with van der Waals surface area (Å²) in [5, 5.41) is 6.71. The molecule has 41 heavy (non-hydrogen) atoms. The number of aromatic nitrogens is 3. The Bertz CT molecular complexity index is 1520. The zero-order valence-electron chi connectivity index (χ0n) is 23.9. The molecule has 8 nitrogen and oxygen atoms in total. The molecule has 1 unspecified atom stereocenters. The van der Waals surface area contributed by atoms with Gasteiger partial charge in [-0.2, -0.15) is 0 Å². The highest BCUT2D eigenvalue weighted by Gasteiger charge is 2.49. The van der Waals surface area contributed by atoms with Gasteiger partial charge in [0.1, 0.15) is 5.65 Å². The van der Waals surface area contributed by atoms with Crippen LogP contribution in [-0.4, -0.2) is 44.6 Å². The van der Waals surface area contributed by atoms with Crippen LogP contribution in [0.5, 0.6) is 0 Å². The largest absolute Gasteiger partial charge is 0.353 e. The molecule has 0 saturated heterocycles. The van der Waals surface area contributed by atoms with E-state index in [0.29, 0.717) is 17.0 Å². The molecule has 5 rings (SSSR count). The first-order valence-electron chi connectivity index (χ1n) is 14.2. The van der Waals surface area contributed by atoms with Gasteiger partial charge in [0.05, 0.1) is 5.56 Å². The number of carbonyl (C=O) groups excluding carboxylic acids is 2. The van der Waals surface area contributed by atoms with Crippen LogP contribution in [-0.2, 0) is 11.3 Å². The van der Waals surface area contributed by atoms with Crippen molar-refractivity contribution >= 4 is 34.6 Å². The summed E-state index contributed by atoms with van der Waals surface area (Å²) >= 11 is 1.47. The molecule has 0 radical (unpaired) electrons. The van der Waals surface area contributed by atoms with Crippen molar-refractivity contribution in [3.05, 3.63) is 57.3 Å². The Morgan fingerprint density at radius 1 is 1.22 bits per heavy atom. The number of thioether (sulfide) groups is 1. The first-order chi connectivity index (χ1) is 19.5. The van der Waals surface area contributed by atoms with Crippen molar-refractivity contribution < 1.29 is 18.4 Å². The number of nitrogens with zero attached hydrogens (tertiary/aromatic N) is 2. The summed E-state index contributed by atoms with van der Waals surface area (Å²) in [5.41, 5.74) is 3.19. The van der Waals surface area contributed by atoms with E-state index in [0.717, 1.165) is 53.0 Å². The highest BCUT2D eigenvalue weighted by molar-refractivity contribution is 7.98. The number of nitrogens with one attached hydrogen (secondary N) is 3. The molecule has 3 heterocycles. The Morgan fingerprint density at radius 2 is 1.93 bits per heavy atom. The standard InChI is InChI=1S/C30H37F2N5O3S/c1-16-12-24(41-4)23(28(39)35-16)15-34-29(40)25-18(3)37(26-22(25)6-5-11-33-26)17(2)19-7-9-21(10-8-19)36-27(38)20-13-30(31,32)14-20/h5-6,11-12,17,19-21H,7-10,13-15H2,1-4H3,(H,34,40)(H,35,39)(H,36,38). The van der Waals surface area contributed by atoms with Crippen molar-refractivity contribution in [3.8, 4) is 0 Å². The molecule has 2 fully saturated rings. The number of rotatable bonds is 8. The number of hydrogen-bond donors (Lipinski definition) is 3. The van der Waals surface area contributed by atoms with Gasteiger partial charge in [-0.25, -0.2) is 13.8 Å². The molecule has 3 N–H and O–H groups in total. The summed E-state index contributed by atoms with van der Waals surface area (Å²) in [5.74, 6) is -3.49. The predicted octanol–water partition coefficient (Wildman–Crippen LogP) is 5.27. The number of carbonyl (C=O) groups is 2. The van der Waals surface area contributed by atoms with Gasteiger partial charge in [-0.05, 0) is 76.8 Å². The number of aryl methyl sites for hydroxylation is 1. The predicted molar refractivity (Wildman–Crippen MR) is 155 cm³/mol. The minimum atomic E-state index is -2.70. The van der Waals surface area contributed by atoms with E-state index < -0.39 is 11.8 Å². The second-order valence-corrected chi connectivity index (χ2v) is 12.4. The fourth-order valence-corrected chi connectivity index (χ4v) is 7.16. The number of amides is 2. The minimum absolute atomic E-state index is 0.00163. The SMILES string of the molecule is CSc1cc(C)[nH]c(=O)c1CNC(=O)c1c(C)n(C(C)C2CCC(NC(=O)C3CC(F)(F)C3)CC2)c2ncccc12. The third-order valence-corrected chi connectivity index (χ3v) is 9.58. The molecule has 3 aromatic rings. The Labute approximate surface area is 242 Å². The highest BCUT2D eigenvalue weighted by Crippen LogP contribution is 2.43. The Balaban J connectivity index is 1.29. The summed E-state index contributed by atoms with van der Waals surface area (Å²) in [6, 6.07) is 5.67. The summed E-state index contributed by atoms with van der Waals surface area (Å²) in [4.78, 5) is 46.8. The van der Waals surface area contributed by atoms with E-state index in [1.165, 1.54) is 11.8 Å². The molecule has 0 aromatic carbocycles. The minimum Gasteiger partial charge on any atom is -0.353 e. The molecular formula is C30H37F2N5O3S. The van der Waals surface area contributed by atoms with Gasteiger partial charge in [-0.1, -0.05) is 0 Å². The first-order valence-corrected chi connectivity index (χ1v) is 15.4. The van der Waals surface area contributed by atoms with E-state index in [1.54, 1.807) is 6.20 Å². The second kappa shape index (κ2) is 11.6. The number of fused-ring (bicyclic) bond motifs is 1.